The van der Waals surface area contributed by atoms with Gasteiger partial charge < -0.3 is 10.2 Å². The summed E-state index contributed by atoms with van der Waals surface area (Å²) >= 11 is 12.3. The van der Waals surface area contributed by atoms with E-state index >= 15 is 0 Å². The average Bonchev–Trinajstić information content (AvgIpc) is 2.75. The molecule has 204 valence electrons. The Hall–Kier alpha value is -2.43. The van der Waals surface area contributed by atoms with Gasteiger partial charge in [0, 0.05) is 41.2 Å². The molecule has 0 unspecified atom stereocenters. The van der Waals surface area contributed by atoms with Gasteiger partial charge in [-0.25, -0.2) is 17.2 Å². The van der Waals surface area contributed by atoms with Gasteiger partial charge in [0.05, 0.1) is 11.9 Å². The van der Waals surface area contributed by atoms with Crippen molar-refractivity contribution in [3.63, 3.8) is 0 Å². The van der Waals surface area contributed by atoms with Crippen molar-refractivity contribution < 1.29 is 26.8 Å². The van der Waals surface area contributed by atoms with Crippen molar-refractivity contribution in [1.29, 1.82) is 0 Å². The highest BCUT2D eigenvalue weighted by Crippen LogP contribution is 2.25. The number of rotatable bonds is 10. The van der Waals surface area contributed by atoms with Crippen LogP contribution in [-0.2, 0) is 26.2 Å². The fourth-order valence-corrected chi connectivity index (χ4v) is 4.96. The van der Waals surface area contributed by atoms with Crippen LogP contribution in [0.2, 0.25) is 10.0 Å². The summed E-state index contributed by atoms with van der Waals surface area (Å²) in [5, 5.41) is 3.60. The van der Waals surface area contributed by atoms with E-state index in [1.165, 1.54) is 11.0 Å². The highest BCUT2D eigenvalue weighted by atomic mass is 35.5. The lowest BCUT2D eigenvalue weighted by molar-refractivity contribution is -0.141. The first kappa shape index (κ1) is 30.8. The number of nitrogens with one attached hydrogen (secondary N) is 1. The standard InChI is InChI=1S/C25H31Cl2F2N3O4S/c1-16(24(34)30-25(2,3)4)31(15-17-8-9-18(26)13-20(17)27)23(33)7-6-12-32(37(5,35)36)19-10-11-21(28)22(29)14-19/h8-11,13-14,16H,6-7,12,15H2,1-5H3,(H,30,34)/t16-/m0/s1. The Labute approximate surface area is 226 Å². The largest absolute Gasteiger partial charge is 0.350 e. The minimum absolute atomic E-state index is 0.0204. The lowest BCUT2D eigenvalue weighted by Gasteiger charge is -2.32. The molecular weight excluding hydrogens is 547 g/mol. The Morgan fingerprint density at radius 1 is 1.05 bits per heavy atom. The second-order valence-electron chi connectivity index (χ2n) is 9.71. The fourth-order valence-electron chi connectivity index (χ4n) is 3.53. The van der Waals surface area contributed by atoms with Crippen LogP contribution in [0.25, 0.3) is 0 Å². The maximum atomic E-state index is 13.7. The van der Waals surface area contributed by atoms with Crippen LogP contribution in [0.3, 0.4) is 0 Å². The van der Waals surface area contributed by atoms with E-state index in [-0.39, 0.29) is 37.5 Å². The normalized spacial score (nSPS) is 12.7. The summed E-state index contributed by atoms with van der Waals surface area (Å²) in [6, 6.07) is 6.72. The number of amides is 2. The third-order valence-corrected chi connectivity index (χ3v) is 7.15. The SMILES string of the molecule is C[C@@H](C(=O)NC(C)(C)C)N(Cc1ccc(Cl)cc1Cl)C(=O)CCCN(c1ccc(F)c(F)c1)S(C)(=O)=O. The van der Waals surface area contributed by atoms with Gasteiger partial charge in [0.1, 0.15) is 6.04 Å². The highest BCUT2D eigenvalue weighted by Gasteiger charge is 2.29. The van der Waals surface area contributed by atoms with Gasteiger partial charge in [-0.05, 0) is 63.9 Å². The Kier molecular flexibility index (Phi) is 10.3. The molecule has 1 atom stereocenters. The first-order valence-electron chi connectivity index (χ1n) is 11.5. The maximum absolute atomic E-state index is 13.7. The minimum atomic E-state index is -3.85. The first-order chi connectivity index (χ1) is 17.0. The van der Waals surface area contributed by atoms with E-state index in [9.17, 15) is 26.8 Å². The van der Waals surface area contributed by atoms with Crippen LogP contribution < -0.4 is 9.62 Å². The molecule has 0 spiro atoms. The number of sulfonamides is 1. The molecule has 37 heavy (non-hydrogen) atoms. The van der Waals surface area contributed by atoms with E-state index in [1.54, 1.807) is 19.1 Å². The van der Waals surface area contributed by atoms with Gasteiger partial charge in [0.15, 0.2) is 11.6 Å². The molecule has 0 aliphatic rings. The topological polar surface area (TPSA) is 86.8 Å². The van der Waals surface area contributed by atoms with Crippen molar-refractivity contribution in [2.45, 2.75) is 58.7 Å². The van der Waals surface area contributed by atoms with E-state index in [0.717, 1.165) is 28.8 Å². The number of carbonyl (C=O) groups is 2. The van der Waals surface area contributed by atoms with Crippen molar-refractivity contribution in [3.05, 3.63) is 63.6 Å². The molecular formula is C25H31Cl2F2N3O4S. The van der Waals surface area contributed by atoms with Crippen LogP contribution >= 0.6 is 23.2 Å². The summed E-state index contributed by atoms with van der Waals surface area (Å²) in [5.74, 6) is -3.08. The van der Waals surface area contributed by atoms with Crippen molar-refractivity contribution >= 4 is 50.7 Å². The van der Waals surface area contributed by atoms with Gasteiger partial charge in [-0.15, -0.1) is 0 Å². The number of carbonyl (C=O) groups excluding carboxylic acids is 2. The summed E-state index contributed by atoms with van der Waals surface area (Å²) < 4.78 is 52.6. The van der Waals surface area contributed by atoms with Crippen LogP contribution in [0, 0.1) is 11.6 Å². The monoisotopic (exact) mass is 577 g/mol. The third kappa shape index (κ3) is 9.12. The molecule has 2 aromatic rings. The van der Waals surface area contributed by atoms with E-state index in [1.807, 2.05) is 20.8 Å². The highest BCUT2D eigenvalue weighted by molar-refractivity contribution is 7.92. The van der Waals surface area contributed by atoms with Crippen molar-refractivity contribution in [2.75, 3.05) is 17.1 Å². The van der Waals surface area contributed by atoms with Crippen LogP contribution in [-0.4, -0.2) is 49.5 Å². The van der Waals surface area contributed by atoms with E-state index in [2.05, 4.69) is 5.32 Å². The summed E-state index contributed by atoms with van der Waals surface area (Å²) in [6.45, 7) is 6.90. The number of nitrogens with zero attached hydrogens (tertiary/aromatic N) is 2. The molecule has 0 saturated heterocycles. The molecule has 0 aliphatic carbocycles. The van der Waals surface area contributed by atoms with Crippen LogP contribution in [0.5, 0.6) is 0 Å². The molecule has 0 fully saturated rings. The molecule has 0 aromatic heterocycles. The molecule has 12 heteroatoms. The van der Waals surface area contributed by atoms with Gasteiger partial charge in [0.2, 0.25) is 21.8 Å². The molecule has 0 saturated carbocycles. The third-order valence-electron chi connectivity index (χ3n) is 5.36. The first-order valence-corrected chi connectivity index (χ1v) is 14.1. The molecule has 2 rings (SSSR count). The summed E-state index contributed by atoms with van der Waals surface area (Å²) in [6.07, 6.45) is 0.876. The van der Waals surface area contributed by atoms with Crippen molar-refractivity contribution in [2.24, 2.45) is 0 Å². The zero-order chi connectivity index (χ0) is 28.1. The van der Waals surface area contributed by atoms with Gasteiger partial charge in [0.25, 0.3) is 0 Å². The van der Waals surface area contributed by atoms with E-state index in [4.69, 9.17) is 23.2 Å². The predicted octanol–water partition coefficient (Wildman–Crippen LogP) is 5.15. The van der Waals surface area contributed by atoms with Gasteiger partial charge in [-0.3, -0.25) is 13.9 Å². The number of halogens is 4. The lowest BCUT2D eigenvalue weighted by atomic mass is 10.1. The fraction of sp³-hybridized carbons (Fsp3) is 0.440. The van der Waals surface area contributed by atoms with Crippen molar-refractivity contribution in [1.82, 2.24) is 10.2 Å². The number of benzene rings is 2. The zero-order valence-corrected chi connectivity index (χ0v) is 23.6. The second-order valence-corrected chi connectivity index (χ2v) is 12.5. The number of hydrogen-bond donors (Lipinski definition) is 1. The molecule has 0 bridgehead atoms. The van der Waals surface area contributed by atoms with Gasteiger partial charge >= 0.3 is 0 Å². The average molecular weight is 579 g/mol. The molecule has 0 radical (unpaired) electrons. The Balaban J connectivity index is 2.24. The van der Waals surface area contributed by atoms with Gasteiger partial charge in [-0.2, -0.15) is 0 Å². The second kappa shape index (κ2) is 12.4. The van der Waals surface area contributed by atoms with Gasteiger partial charge in [-0.1, -0.05) is 29.3 Å². The van der Waals surface area contributed by atoms with E-state index < -0.39 is 39.1 Å². The molecule has 1 N–H and O–H groups in total. The maximum Gasteiger partial charge on any atom is 0.242 e. The van der Waals surface area contributed by atoms with Crippen molar-refractivity contribution in [3.8, 4) is 0 Å². The lowest BCUT2D eigenvalue weighted by Crippen LogP contribution is -2.52. The van der Waals surface area contributed by atoms with Crippen LogP contribution in [0.15, 0.2) is 36.4 Å². The summed E-state index contributed by atoms with van der Waals surface area (Å²) in [7, 11) is -3.85. The number of anilines is 1. The molecule has 7 nitrogen and oxygen atoms in total. The molecule has 2 amide bonds. The smallest absolute Gasteiger partial charge is 0.242 e. The quantitative estimate of drug-likeness (QED) is 0.423. The summed E-state index contributed by atoms with van der Waals surface area (Å²) in [4.78, 5) is 27.5. The molecule has 0 heterocycles. The summed E-state index contributed by atoms with van der Waals surface area (Å²) in [5.41, 5.74) is -0.00997. The molecule has 2 aromatic carbocycles. The zero-order valence-electron chi connectivity index (χ0n) is 21.3. The molecule has 0 aliphatic heterocycles. The Morgan fingerprint density at radius 3 is 2.24 bits per heavy atom. The predicted molar refractivity (Wildman–Crippen MR) is 142 cm³/mol. The van der Waals surface area contributed by atoms with Crippen LogP contribution in [0.4, 0.5) is 14.5 Å². The Bertz CT molecular complexity index is 1250. The van der Waals surface area contributed by atoms with Crippen LogP contribution in [0.1, 0.15) is 46.1 Å². The number of hydrogen-bond acceptors (Lipinski definition) is 4. The minimum Gasteiger partial charge on any atom is -0.350 e. The van der Waals surface area contributed by atoms with E-state index in [0.29, 0.717) is 15.6 Å². The Morgan fingerprint density at radius 2 is 1.70 bits per heavy atom.